The Kier molecular flexibility index (Phi) is 5.16. The van der Waals surface area contributed by atoms with Crippen molar-refractivity contribution in [1.82, 2.24) is 4.90 Å². The number of benzene rings is 1. The van der Waals surface area contributed by atoms with Crippen LogP contribution in [-0.4, -0.2) is 31.1 Å². The number of nitrogens with one attached hydrogen (secondary N) is 1. The molecule has 1 saturated heterocycles. The third-order valence-corrected chi connectivity index (χ3v) is 4.19. The third kappa shape index (κ3) is 3.78. The van der Waals surface area contributed by atoms with E-state index in [-0.39, 0.29) is 0 Å². The standard InChI is InChI=1S/C14H20Cl2N2/c1-18-9-3-2-4-12(18)7-8-17-14-6-5-11(15)10-13(14)16/h5-6,10,12,17H,2-4,7-9H2,1H3. The van der Waals surface area contributed by atoms with Crippen molar-refractivity contribution in [3.8, 4) is 0 Å². The molecule has 1 aromatic rings. The highest BCUT2D eigenvalue weighted by atomic mass is 35.5. The molecule has 1 N–H and O–H groups in total. The van der Waals surface area contributed by atoms with Crippen LogP contribution in [-0.2, 0) is 0 Å². The molecule has 0 radical (unpaired) electrons. The topological polar surface area (TPSA) is 15.3 Å². The summed E-state index contributed by atoms with van der Waals surface area (Å²) in [6, 6.07) is 6.29. The predicted molar refractivity (Wildman–Crippen MR) is 79.8 cm³/mol. The van der Waals surface area contributed by atoms with Crippen LogP contribution in [0.3, 0.4) is 0 Å². The molecule has 0 aromatic heterocycles. The SMILES string of the molecule is CN1CCCCC1CCNc1ccc(Cl)cc1Cl. The lowest BCUT2D eigenvalue weighted by Gasteiger charge is -2.32. The monoisotopic (exact) mass is 286 g/mol. The molecule has 1 heterocycles. The fourth-order valence-electron chi connectivity index (χ4n) is 2.52. The minimum absolute atomic E-state index is 0.678. The van der Waals surface area contributed by atoms with Gasteiger partial charge in [0.05, 0.1) is 10.7 Å². The van der Waals surface area contributed by atoms with E-state index in [4.69, 9.17) is 23.2 Å². The zero-order valence-electron chi connectivity index (χ0n) is 10.8. The number of hydrogen-bond donors (Lipinski definition) is 1. The zero-order valence-corrected chi connectivity index (χ0v) is 12.3. The minimum atomic E-state index is 0.678. The second-order valence-corrected chi connectivity index (χ2v) is 5.81. The van der Waals surface area contributed by atoms with Gasteiger partial charge in [-0.2, -0.15) is 0 Å². The van der Waals surface area contributed by atoms with E-state index >= 15 is 0 Å². The molecule has 0 bridgehead atoms. The molecule has 1 fully saturated rings. The molecule has 4 heteroatoms. The maximum Gasteiger partial charge on any atom is 0.0652 e. The smallest absolute Gasteiger partial charge is 0.0652 e. The van der Waals surface area contributed by atoms with Crippen molar-refractivity contribution >= 4 is 28.9 Å². The Bertz CT molecular complexity index is 395. The number of likely N-dealkylation sites (tertiary alicyclic amines) is 1. The van der Waals surface area contributed by atoms with Crippen LogP contribution < -0.4 is 5.32 Å². The molecule has 0 aliphatic carbocycles. The molecule has 1 aliphatic rings. The second-order valence-electron chi connectivity index (χ2n) is 4.97. The van der Waals surface area contributed by atoms with E-state index in [0.29, 0.717) is 16.1 Å². The Balaban J connectivity index is 1.81. The molecular weight excluding hydrogens is 267 g/mol. The molecule has 18 heavy (non-hydrogen) atoms. The Labute approximate surface area is 119 Å². The van der Waals surface area contributed by atoms with Gasteiger partial charge in [0.1, 0.15) is 0 Å². The number of nitrogens with zero attached hydrogens (tertiary/aromatic N) is 1. The first kappa shape index (κ1) is 14.0. The Morgan fingerprint density at radius 2 is 2.17 bits per heavy atom. The van der Waals surface area contributed by atoms with E-state index in [0.717, 1.165) is 18.7 Å². The quantitative estimate of drug-likeness (QED) is 0.889. The van der Waals surface area contributed by atoms with E-state index in [1.807, 2.05) is 12.1 Å². The van der Waals surface area contributed by atoms with Gasteiger partial charge in [-0.25, -0.2) is 0 Å². The summed E-state index contributed by atoms with van der Waals surface area (Å²) in [6.45, 7) is 2.18. The summed E-state index contributed by atoms with van der Waals surface area (Å²) in [5.74, 6) is 0. The van der Waals surface area contributed by atoms with E-state index < -0.39 is 0 Å². The Morgan fingerprint density at radius 1 is 1.33 bits per heavy atom. The van der Waals surface area contributed by atoms with Gasteiger partial charge in [0.25, 0.3) is 0 Å². The minimum Gasteiger partial charge on any atom is -0.384 e. The second kappa shape index (κ2) is 6.65. The van der Waals surface area contributed by atoms with Crippen LogP contribution in [0.5, 0.6) is 0 Å². The van der Waals surface area contributed by atoms with Crippen molar-refractivity contribution in [2.45, 2.75) is 31.7 Å². The highest BCUT2D eigenvalue weighted by molar-refractivity contribution is 6.36. The van der Waals surface area contributed by atoms with Gasteiger partial charge in [-0.05, 0) is 51.1 Å². The lowest BCUT2D eigenvalue weighted by Crippen LogP contribution is -2.37. The predicted octanol–water partition coefficient (Wildman–Crippen LogP) is 4.28. The molecular formula is C14H20Cl2N2. The molecule has 0 spiro atoms. The van der Waals surface area contributed by atoms with Gasteiger partial charge in [-0.3, -0.25) is 0 Å². The lowest BCUT2D eigenvalue weighted by atomic mass is 10.0. The maximum atomic E-state index is 6.12. The van der Waals surface area contributed by atoms with Crippen LogP contribution in [0.25, 0.3) is 0 Å². The van der Waals surface area contributed by atoms with E-state index in [2.05, 4.69) is 17.3 Å². The molecule has 0 saturated carbocycles. The van der Waals surface area contributed by atoms with Crippen LogP contribution in [0.1, 0.15) is 25.7 Å². The Hall–Kier alpha value is -0.440. The number of hydrogen-bond acceptors (Lipinski definition) is 2. The molecule has 1 aromatic carbocycles. The van der Waals surface area contributed by atoms with Gasteiger partial charge >= 0.3 is 0 Å². The van der Waals surface area contributed by atoms with Crippen molar-refractivity contribution in [1.29, 1.82) is 0 Å². The first-order valence-corrected chi connectivity index (χ1v) is 7.31. The largest absolute Gasteiger partial charge is 0.384 e. The summed E-state index contributed by atoms with van der Waals surface area (Å²) < 4.78 is 0. The summed E-state index contributed by atoms with van der Waals surface area (Å²) in [5.41, 5.74) is 0.972. The maximum absolute atomic E-state index is 6.12. The van der Waals surface area contributed by atoms with Crippen molar-refractivity contribution in [2.24, 2.45) is 0 Å². The molecule has 1 atom stereocenters. The lowest BCUT2D eigenvalue weighted by molar-refractivity contribution is 0.179. The Morgan fingerprint density at radius 3 is 2.89 bits per heavy atom. The van der Waals surface area contributed by atoms with E-state index in [1.54, 1.807) is 6.07 Å². The fourth-order valence-corrected chi connectivity index (χ4v) is 2.99. The molecule has 100 valence electrons. The normalized spacial score (nSPS) is 20.9. The van der Waals surface area contributed by atoms with Crippen molar-refractivity contribution < 1.29 is 0 Å². The number of piperidine rings is 1. The average molecular weight is 287 g/mol. The van der Waals surface area contributed by atoms with Gasteiger partial charge in [0.15, 0.2) is 0 Å². The van der Waals surface area contributed by atoms with Crippen LogP contribution in [0.4, 0.5) is 5.69 Å². The van der Waals surface area contributed by atoms with Crippen LogP contribution in [0.15, 0.2) is 18.2 Å². The molecule has 1 unspecified atom stereocenters. The van der Waals surface area contributed by atoms with Crippen molar-refractivity contribution in [2.75, 3.05) is 25.5 Å². The zero-order chi connectivity index (χ0) is 13.0. The van der Waals surface area contributed by atoms with Crippen LogP contribution >= 0.6 is 23.2 Å². The van der Waals surface area contributed by atoms with Crippen LogP contribution in [0.2, 0.25) is 10.0 Å². The first-order chi connectivity index (χ1) is 8.66. The first-order valence-electron chi connectivity index (χ1n) is 6.56. The summed E-state index contributed by atoms with van der Waals surface area (Å²) in [7, 11) is 2.22. The molecule has 0 amide bonds. The summed E-state index contributed by atoms with van der Waals surface area (Å²) in [5, 5.41) is 4.76. The van der Waals surface area contributed by atoms with Gasteiger partial charge in [0, 0.05) is 17.6 Å². The fraction of sp³-hybridized carbons (Fsp3) is 0.571. The van der Waals surface area contributed by atoms with E-state index in [1.165, 1.54) is 25.8 Å². The highest BCUT2D eigenvalue weighted by Gasteiger charge is 2.18. The number of anilines is 1. The van der Waals surface area contributed by atoms with E-state index in [9.17, 15) is 0 Å². The third-order valence-electron chi connectivity index (χ3n) is 3.65. The summed E-state index contributed by atoms with van der Waals surface area (Å²) >= 11 is 12.0. The molecule has 2 rings (SSSR count). The number of halogens is 2. The van der Waals surface area contributed by atoms with Crippen molar-refractivity contribution in [3.05, 3.63) is 28.2 Å². The van der Waals surface area contributed by atoms with Gasteiger partial charge in [-0.1, -0.05) is 29.6 Å². The highest BCUT2D eigenvalue weighted by Crippen LogP contribution is 2.25. The molecule has 1 aliphatic heterocycles. The summed E-state index contributed by atoms with van der Waals surface area (Å²) in [6.07, 6.45) is 5.17. The average Bonchev–Trinajstić information content (AvgIpc) is 2.34. The van der Waals surface area contributed by atoms with Crippen molar-refractivity contribution in [3.63, 3.8) is 0 Å². The molecule has 2 nitrogen and oxygen atoms in total. The summed E-state index contributed by atoms with van der Waals surface area (Å²) in [4.78, 5) is 2.47. The van der Waals surface area contributed by atoms with Gasteiger partial charge < -0.3 is 10.2 Å². The number of rotatable bonds is 4. The van der Waals surface area contributed by atoms with Crippen LogP contribution in [0, 0.1) is 0 Å². The van der Waals surface area contributed by atoms with Gasteiger partial charge in [-0.15, -0.1) is 0 Å². The van der Waals surface area contributed by atoms with Gasteiger partial charge in [0.2, 0.25) is 0 Å².